The topological polar surface area (TPSA) is 114 Å². The number of nitrogens with zero attached hydrogens (tertiary/aromatic N) is 3. The molecule has 2 amide bonds. The van der Waals surface area contributed by atoms with Crippen LogP contribution in [0, 0.1) is 5.82 Å². The molecule has 2 aromatic heterocycles. The molecular formula is C17H14FN5O3. The first-order valence-electron chi connectivity index (χ1n) is 7.91. The van der Waals surface area contributed by atoms with Gasteiger partial charge in [0.25, 0.3) is 11.5 Å². The Kier molecular flexibility index (Phi) is 3.57. The second-order valence-electron chi connectivity index (χ2n) is 6.11. The molecule has 1 saturated heterocycles. The number of H-pyrrole nitrogens is 1. The molecule has 1 fully saturated rings. The number of hydrogen-bond acceptors (Lipinski definition) is 4. The lowest BCUT2D eigenvalue weighted by molar-refractivity contribution is -0.117. The van der Waals surface area contributed by atoms with Crippen LogP contribution in [0.3, 0.4) is 0 Å². The third kappa shape index (κ3) is 2.53. The summed E-state index contributed by atoms with van der Waals surface area (Å²) < 4.78 is 14.2. The number of benzene rings is 1. The van der Waals surface area contributed by atoms with E-state index in [0.717, 1.165) is 4.52 Å². The molecule has 0 radical (unpaired) electrons. The van der Waals surface area contributed by atoms with Crippen molar-refractivity contribution in [2.24, 2.45) is 5.73 Å². The molecule has 0 spiro atoms. The van der Waals surface area contributed by atoms with Crippen molar-refractivity contribution in [2.45, 2.75) is 12.3 Å². The lowest BCUT2D eigenvalue weighted by Gasteiger charge is -2.16. The fraction of sp³-hybridized carbons (Fsp3) is 0.176. The zero-order chi connectivity index (χ0) is 18.4. The molecule has 3 heterocycles. The zero-order valence-corrected chi connectivity index (χ0v) is 13.5. The number of rotatable bonds is 3. The lowest BCUT2D eigenvalue weighted by Crippen LogP contribution is -2.24. The quantitative estimate of drug-likeness (QED) is 0.723. The van der Waals surface area contributed by atoms with Crippen LogP contribution in [0.15, 0.2) is 41.3 Å². The van der Waals surface area contributed by atoms with Crippen LogP contribution < -0.4 is 16.2 Å². The molecule has 8 nitrogen and oxygen atoms in total. The van der Waals surface area contributed by atoms with E-state index in [9.17, 15) is 18.8 Å². The van der Waals surface area contributed by atoms with Crippen molar-refractivity contribution in [1.29, 1.82) is 0 Å². The molecule has 0 saturated carbocycles. The van der Waals surface area contributed by atoms with Crippen molar-refractivity contribution in [2.75, 3.05) is 11.4 Å². The average Bonchev–Trinajstić information content (AvgIpc) is 3.19. The second-order valence-corrected chi connectivity index (χ2v) is 6.11. The highest BCUT2D eigenvalue weighted by Crippen LogP contribution is 2.30. The highest BCUT2D eigenvalue weighted by atomic mass is 19.1. The predicted octanol–water partition coefficient (Wildman–Crippen LogP) is 0.781. The summed E-state index contributed by atoms with van der Waals surface area (Å²) in [5.74, 6) is -1.56. The van der Waals surface area contributed by atoms with Gasteiger partial charge in [-0.1, -0.05) is 0 Å². The van der Waals surface area contributed by atoms with Gasteiger partial charge < -0.3 is 10.6 Å². The Balaban J connectivity index is 1.71. The Morgan fingerprint density at radius 1 is 1.27 bits per heavy atom. The minimum absolute atomic E-state index is 0.101. The Hall–Kier alpha value is -3.49. The number of aromatic nitrogens is 3. The molecule has 0 aliphatic carbocycles. The highest BCUT2D eigenvalue weighted by molar-refractivity contribution is 5.98. The van der Waals surface area contributed by atoms with Gasteiger partial charge in [-0.15, -0.1) is 0 Å². The average molecular weight is 355 g/mol. The molecule has 4 rings (SSSR count). The Morgan fingerprint density at radius 2 is 2.00 bits per heavy atom. The number of nitrogens with two attached hydrogens (primary N) is 1. The van der Waals surface area contributed by atoms with Gasteiger partial charge >= 0.3 is 0 Å². The van der Waals surface area contributed by atoms with E-state index < -0.39 is 11.5 Å². The van der Waals surface area contributed by atoms with E-state index in [1.807, 2.05) is 0 Å². The van der Waals surface area contributed by atoms with E-state index >= 15 is 0 Å². The van der Waals surface area contributed by atoms with Gasteiger partial charge in [0.2, 0.25) is 5.91 Å². The summed E-state index contributed by atoms with van der Waals surface area (Å²) in [5.41, 5.74) is 6.13. The van der Waals surface area contributed by atoms with Crippen molar-refractivity contribution in [3.05, 3.63) is 64.0 Å². The minimum Gasteiger partial charge on any atom is -0.365 e. The van der Waals surface area contributed by atoms with Gasteiger partial charge in [-0.2, -0.15) is 0 Å². The summed E-state index contributed by atoms with van der Waals surface area (Å²) in [6.07, 6.45) is 1.48. The minimum atomic E-state index is -0.705. The molecule has 3 N–H and O–H groups in total. The number of nitrogens with one attached hydrogen (secondary N) is 1. The number of anilines is 1. The van der Waals surface area contributed by atoms with Crippen molar-refractivity contribution in [3.63, 3.8) is 0 Å². The number of carbonyl (C=O) groups is 2. The van der Waals surface area contributed by atoms with Crippen LogP contribution in [0.25, 0.3) is 5.65 Å². The van der Waals surface area contributed by atoms with Gasteiger partial charge in [-0.25, -0.2) is 13.9 Å². The van der Waals surface area contributed by atoms with Crippen molar-refractivity contribution in [3.8, 4) is 0 Å². The Labute approximate surface area is 146 Å². The van der Waals surface area contributed by atoms with E-state index in [-0.39, 0.29) is 35.3 Å². The maximum absolute atomic E-state index is 13.1. The summed E-state index contributed by atoms with van der Waals surface area (Å²) >= 11 is 0. The summed E-state index contributed by atoms with van der Waals surface area (Å²) in [6, 6.07) is 6.95. The fourth-order valence-corrected chi connectivity index (χ4v) is 3.17. The SMILES string of the molecule is NC(=O)c1c[nH]n2c(=O)cc(C3CC(=O)N(c4ccc(F)cc4)C3)nc12. The van der Waals surface area contributed by atoms with E-state index in [1.165, 1.54) is 41.4 Å². The molecule has 1 atom stereocenters. The van der Waals surface area contributed by atoms with Gasteiger partial charge in [0.1, 0.15) is 11.4 Å². The van der Waals surface area contributed by atoms with Crippen LogP contribution in [0.1, 0.15) is 28.4 Å². The summed E-state index contributed by atoms with van der Waals surface area (Å²) in [5, 5.41) is 2.63. The number of carbonyl (C=O) groups excluding carboxylic acids is 2. The molecule has 26 heavy (non-hydrogen) atoms. The van der Waals surface area contributed by atoms with E-state index in [1.54, 1.807) is 0 Å². The molecule has 0 bridgehead atoms. The maximum atomic E-state index is 13.1. The number of hydrogen-bond donors (Lipinski definition) is 2. The first-order chi connectivity index (χ1) is 12.4. The third-order valence-corrected chi connectivity index (χ3v) is 4.46. The second kappa shape index (κ2) is 5.80. The van der Waals surface area contributed by atoms with E-state index in [0.29, 0.717) is 17.9 Å². The Morgan fingerprint density at radius 3 is 2.69 bits per heavy atom. The molecular weight excluding hydrogens is 341 g/mol. The summed E-state index contributed by atoms with van der Waals surface area (Å²) in [7, 11) is 0. The van der Waals surface area contributed by atoms with Crippen LogP contribution in [0.4, 0.5) is 10.1 Å². The van der Waals surface area contributed by atoms with Crippen LogP contribution in [-0.2, 0) is 4.79 Å². The first kappa shape index (κ1) is 16.0. The van der Waals surface area contributed by atoms with Crippen LogP contribution >= 0.6 is 0 Å². The number of amides is 2. The van der Waals surface area contributed by atoms with Gasteiger partial charge in [0, 0.05) is 36.8 Å². The Bertz CT molecular complexity index is 1090. The first-order valence-corrected chi connectivity index (χ1v) is 7.91. The number of fused-ring (bicyclic) bond motifs is 1. The molecule has 1 aromatic carbocycles. The molecule has 9 heteroatoms. The predicted molar refractivity (Wildman–Crippen MR) is 90.4 cm³/mol. The number of aromatic amines is 1. The van der Waals surface area contributed by atoms with Crippen LogP contribution in [0.2, 0.25) is 0 Å². The smallest absolute Gasteiger partial charge is 0.272 e. The van der Waals surface area contributed by atoms with Crippen molar-refractivity contribution < 1.29 is 14.0 Å². The zero-order valence-electron chi connectivity index (χ0n) is 13.5. The molecule has 1 aliphatic heterocycles. The standard InChI is InChI=1S/C17H14FN5O3/c18-10-1-3-11(4-2-10)22-8-9(5-14(22)24)13-6-15(25)23-17(21-13)12(7-20-23)16(19)26/h1-4,6-7,9,20H,5,8H2,(H2,19,26). The van der Waals surface area contributed by atoms with Gasteiger partial charge in [-0.3, -0.25) is 19.5 Å². The number of halogens is 1. The van der Waals surface area contributed by atoms with Gasteiger partial charge in [0.15, 0.2) is 5.65 Å². The summed E-state index contributed by atoms with van der Waals surface area (Å²) in [6.45, 7) is 0.309. The third-order valence-electron chi connectivity index (χ3n) is 4.46. The maximum Gasteiger partial charge on any atom is 0.272 e. The molecule has 1 aliphatic rings. The van der Waals surface area contributed by atoms with Gasteiger partial charge in [0.05, 0.1) is 5.69 Å². The largest absolute Gasteiger partial charge is 0.365 e. The van der Waals surface area contributed by atoms with E-state index in [2.05, 4.69) is 10.1 Å². The van der Waals surface area contributed by atoms with E-state index in [4.69, 9.17) is 5.73 Å². The molecule has 1 unspecified atom stereocenters. The lowest BCUT2D eigenvalue weighted by atomic mass is 10.0. The molecule has 132 valence electrons. The van der Waals surface area contributed by atoms with Gasteiger partial charge in [-0.05, 0) is 24.3 Å². The number of primary amides is 1. The fourth-order valence-electron chi connectivity index (χ4n) is 3.17. The summed E-state index contributed by atoms with van der Waals surface area (Å²) in [4.78, 5) is 42.0. The normalized spacial score (nSPS) is 17.2. The van der Waals surface area contributed by atoms with Crippen LogP contribution in [0.5, 0.6) is 0 Å². The highest BCUT2D eigenvalue weighted by Gasteiger charge is 2.33. The van der Waals surface area contributed by atoms with Crippen molar-refractivity contribution >= 4 is 23.1 Å². The van der Waals surface area contributed by atoms with Crippen LogP contribution in [-0.4, -0.2) is 33.0 Å². The van der Waals surface area contributed by atoms with Crippen molar-refractivity contribution in [1.82, 2.24) is 14.6 Å². The molecule has 3 aromatic rings. The monoisotopic (exact) mass is 355 g/mol.